The van der Waals surface area contributed by atoms with E-state index in [0.717, 1.165) is 54.7 Å². The minimum atomic E-state index is -1.26. The van der Waals surface area contributed by atoms with E-state index in [9.17, 15) is 14.7 Å². The van der Waals surface area contributed by atoms with Gasteiger partial charge in [0.25, 0.3) is 5.91 Å². The van der Waals surface area contributed by atoms with Crippen molar-refractivity contribution in [2.45, 2.75) is 51.6 Å². The summed E-state index contributed by atoms with van der Waals surface area (Å²) in [6.45, 7) is 2.17. The molecule has 4 rings (SSSR count). The van der Waals surface area contributed by atoms with Crippen molar-refractivity contribution in [3.05, 3.63) is 73.3 Å². The van der Waals surface area contributed by atoms with Crippen molar-refractivity contribution >= 4 is 57.6 Å². The number of aliphatic carboxylic acids is 1. The van der Waals surface area contributed by atoms with Gasteiger partial charge < -0.3 is 14.6 Å². The summed E-state index contributed by atoms with van der Waals surface area (Å²) >= 11 is 14.1. The van der Waals surface area contributed by atoms with E-state index in [0.29, 0.717) is 5.13 Å². The SMILES string of the molecule is CCCC(CCc1cccc2c1CCc1sc(NC(=O)c3cc(Cl)c(/C=C(\OC)C(=O)O)c(Cl)c3)nc1-2)OC. The Labute approximate surface area is 241 Å². The van der Waals surface area contributed by atoms with Crippen LogP contribution in [-0.4, -0.2) is 42.3 Å². The Morgan fingerprint density at radius 1 is 1.18 bits per heavy atom. The molecule has 7 nitrogen and oxygen atoms in total. The van der Waals surface area contributed by atoms with Crippen molar-refractivity contribution in [2.75, 3.05) is 19.5 Å². The topological polar surface area (TPSA) is 97.8 Å². The maximum absolute atomic E-state index is 13.1. The number of methoxy groups -OCH3 is 2. The third-order valence-corrected chi connectivity index (χ3v) is 8.43. The van der Waals surface area contributed by atoms with Crippen molar-refractivity contribution in [1.82, 2.24) is 4.98 Å². The summed E-state index contributed by atoms with van der Waals surface area (Å²) in [5, 5.41) is 12.8. The van der Waals surface area contributed by atoms with Gasteiger partial charge in [0.05, 0.1) is 29.0 Å². The summed E-state index contributed by atoms with van der Waals surface area (Å²) in [6.07, 6.45) is 7.36. The minimum absolute atomic E-state index is 0.123. The van der Waals surface area contributed by atoms with E-state index >= 15 is 0 Å². The van der Waals surface area contributed by atoms with E-state index in [1.807, 2.05) is 0 Å². The molecule has 3 aromatic rings. The van der Waals surface area contributed by atoms with Crippen LogP contribution in [0, 0.1) is 0 Å². The van der Waals surface area contributed by atoms with Crippen LogP contribution in [-0.2, 0) is 33.5 Å². The van der Waals surface area contributed by atoms with Gasteiger partial charge in [0.1, 0.15) is 0 Å². The van der Waals surface area contributed by atoms with Gasteiger partial charge in [0, 0.05) is 28.7 Å². The molecule has 0 bridgehead atoms. The van der Waals surface area contributed by atoms with Gasteiger partial charge in [-0.05, 0) is 61.4 Å². The number of thiazole rings is 1. The maximum atomic E-state index is 13.1. The lowest BCUT2D eigenvalue weighted by atomic mass is 9.87. The first-order chi connectivity index (χ1) is 18.7. The number of aromatic nitrogens is 1. The average molecular weight is 590 g/mol. The summed E-state index contributed by atoms with van der Waals surface area (Å²) < 4.78 is 10.5. The number of carboxylic acid groups (broad SMARTS) is 1. The van der Waals surface area contributed by atoms with Crippen LogP contribution in [0.25, 0.3) is 17.3 Å². The molecule has 1 unspecified atom stereocenters. The maximum Gasteiger partial charge on any atom is 0.371 e. The molecule has 0 saturated heterocycles. The molecule has 0 aliphatic heterocycles. The van der Waals surface area contributed by atoms with Crippen LogP contribution in [0.4, 0.5) is 5.13 Å². The molecular formula is C29H30Cl2N2O5S. The highest BCUT2D eigenvalue weighted by atomic mass is 35.5. The van der Waals surface area contributed by atoms with Crippen LogP contribution < -0.4 is 5.32 Å². The molecule has 1 aliphatic rings. The molecule has 1 aromatic heterocycles. The molecule has 1 atom stereocenters. The zero-order valence-corrected chi connectivity index (χ0v) is 24.3. The Morgan fingerprint density at radius 2 is 1.92 bits per heavy atom. The van der Waals surface area contributed by atoms with Crippen molar-refractivity contribution in [1.29, 1.82) is 0 Å². The summed E-state index contributed by atoms with van der Waals surface area (Å²) in [6, 6.07) is 9.23. The number of ether oxygens (including phenoxy) is 2. The van der Waals surface area contributed by atoms with Crippen LogP contribution in [0.1, 0.15) is 58.1 Å². The standard InChI is InChI=1S/C29H30Cl2N2O5S/c1-4-6-18(37-2)10-9-16-7-5-8-20-19(16)11-12-25-26(20)32-29(39-25)33-27(34)17-13-22(30)21(23(31)14-17)15-24(38-3)28(35)36/h5,7-8,13-15,18H,4,6,9-12H2,1-3H3,(H,35,36)(H,32,33,34)/b24-15-. The van der Waals surface area contributed by atoms with Gasteiger partial charge in [0.15, 0.2) is 5.13 Å². The van der Waals surface area contributed by atoms with E-state index in [-0.39, 0.29) is 33.0 Å². The highest BCUT2D eigenvalue weighted by Gasteiger charge is 2.24. The van der Waals surface area contributed by atoms with Crippen molar-refractivity contribution in [2.24, 2.45) is 0 Å². The van der Waals surface area contributed by atoms with Gasteiger partial charge in [-0.2, -0.15) is 0 Å². The largest absolute Gasteiger partial charge is 0.490 e. The molecular weight excluding hydrogens is 559 g/mol. The third kappa shape index (κ3) is 6.64. The smallest absolute Gasteiger partial charge is 0.371 e. The molecule has 0 saturated carbocycles. The number of hydrogen-bond acceptors (Lipinski definition) is 6. The fraction of sp³-hybridized carbons (Fsp3) is 0.345. The lowest BCUT2D eigenvalue weighted by Gasteiger charge is -2.20. The molecule has 2 aromatic carbocycles. The second-order valence-corrected chi connectivity index (χ2v) is 11.1. The molecule has 1 heterocycles. The number of rotatable bonds is 11. The quantitative estimate of drug-likeness (QED) is 0.180. The number of benzene rings is 2. The Kier molecular flexibility index (Phi) is 9.67. The predicted molar refractivity (Wildman–Crippen MR) is 156 cm³/mol. The van der Waals surface area contributed by atoms with Gasteiger partial charge in [-0.25, -0.2) is 9.78 Å². The van der Waals surface area contributed by atoms with Crippen LogP contribution in [0.5, 0.6) is 0 Å². The number of carbonyl (C=O) groups excluding carboxylic acids is 1. The molecule has 206 valence electrons. The van der Waals surface area contributed by atoms with Crippen molar-refractivity contribution in [3.8, 4) is 11.3 Å². The number of carbonyl (C=O) groups is 2. The molecule has 1 amide bonds. The molecule has 10 heteroatoms. The van der Waals surface area contributed by atoms with Crippen LogP contribution in [0.15, 0.2) is 36.1 Å². The Bertz CT molecular complexity index is 1400. The van der Waals surface area contributed by atoms with E-state index in [1.54, 1.807) is 7.11 Å². The Morgan fingerprint density at radius 3 is 2.56 bits per heavy atom. The number of carboxylic acids is 1. The summed E-state index contributed by atoms with van der Waals surface area (Å²) in [4.78, 5) is 30.2. The first-order valence-corrected chi connectivity index (χ1v) is 14.3. The number of fused-ring (bicyclic) bond motifs is 3. The molecule has 0 spiro atoms. The Balaban J connectivity index is 1.54. The van der Waals surface area contributed by atoms with Gasteiger partial charge in [-0.1, -0.05) is 54.7 Å². The second kappa shape index (κ2) is 13.0. The number of nitrogens with one attached hydrogen (secondary N) is 1. The van der Waals surface area contributed by atoms with Crippen LogP contribution >= 0.6 is 34.5 Å². The lowest BCUT2D eigenvalue weighted by molar-refractivity contribution is -0.135. The monoisotopic (exact) mass is 588 g/mol. The zero-order chi connectivity index (χ0) is 28.1. The predicted octanol–water partition coefficient (Wildman–Crippen LogP) is 7.29. The normalized spacial score (nSPS) is 13.4. The number of halogens is 2. The van der Waals surface area contributed by atoms with Gasteiger partial charge in [0.2, 0.25) is 5.76 Å². The molecule has 2 N–H and O–H groups in total. The summed E-state index contributed by atoms with van der Waals surface area (Å²) in [5.74, 6) is -2.00. The number of hydrogen-bond donors (Lipinski definition) is 2. The number of anilines is 1. The lowest BCUT2D eigenvalue weighted by Crippen LogP contribution is -2.13. The third-order valence-electron chi connectivity index (χ3n) is 6.78. The summed E-state index contributed by atoms with van der Waals surface area (Å²) in [5.41, 5.74) is 5.15. The van der Waals surface area contributed by atoms with Gasteiger partial charge in [-0.3, -0.25) is 10.1 Å². The highest BCUT2D eigenvalue weighted by molar-refractivity contribution is 7.16. The van der Waals surface area contributed by atoms with Crippen LogP contribution in [0.2, 0.25) is 10.0 Å². The van der Waals surface area contributed by atoms with Gasteiger partial charge in [-0.15, -0.1) is 11.3 Å². The number of amides is 1. The summed E-state index contributed by atoms with van der Waals surface area (Å²) in [7, 11) is 3.02. The number of nitrogens with zero attached hydrogens (tertiary/aromatic N) is 1. The highest BCUT2D eigenvalue weighted by Crippen LogP contribution is 2.40. The molecule has 0 radical (unpaired) electrons. The van der Waals surface area contributed by atoms with E-state index in [4.69, 9.17) is 37.7 Å². The molecule has 0 fully saturated rings. The minimum Gasteiger partial charge on any atom is -0.490 e. The zero-order valence-electron chi connectivity index (χ0n) is 22.0. The van der Waals surface area contributed by atoms with Crippen LogP contribution in [0.3, 0.4) is 0 Å². The molecule has 39 heavy (non-hydrogen) atoms. The van der Waals surface area contributed by atoms with Crippen molar-refractivity contribution < 1.29 is 24.2 Å². The first-order valence-electron chi connectivity index (χ1n) is 12.7. The Hall–Kier alpha value is -2.91. The first kappa shape index (κ1) is 29.1. The van der Waals surface area contributed by atoms with E-state index < -0.39 is 11.9 Å². The molecule has 1 aliphatic carbocycles. The average Bonchev–Trinajstić information content (AvgIpc) is 3.33. The van der Waals surface area contributed by atoms with E-state index in [1.165, 1.54) is 47.8 Å². The second-order valence-electron chi connectivity index (χ2n) is 9.24. The fourth-order valence-corrected chi connectivity index (χ4v) is 6.36. The number of aryl methyl sites for hydroxylation is 2. The van der Waals surface area contributed by atoms with E-state index in [2.05, 4.69) is 30.4 Å². The van der Waals surface area contributed by atoms with Crippen molar-refractivity contribution in [3.63, 3.8) is 0 Å². The fourth-order valence-electron chi connectivity index (χ4n) is 4.79. The van der Waals surface area contributed by atoms with Gasteiger partial charge >= 0.3 is 5.97 Å².